The van der Waals surface area contributed by atoms with Gasteiger partial charge in [0.2, 0.25) is 5.91 Å². The molecule has 0 aliphatic heterocycles. The molecule has 0 aliphatic rings. The van der Waals surface area contributed by atoms with Gasteiger partial charge in [-0.2, -0.15) is 0 Å². The summed E-state index contributed by atoms with van der Waals surface area (Å²) in [5.74, 6) is 0.947. The van der Waals surface area contributed by atoms with Gasteiger partial charge in [0.15, 0.2) is 11.5 Å². The summed E-state index contributed by atoms with van der Waals surface area (Å²) < 4.78 is 10.4. The lowest BCUT2D eigenvalue weighted by atomic mass is 10.2. The monoisotopic (exact) mass is 351 g/mol. The molecule has 0 saturated heterocycles. The summed E-state index contributed by atoms with van der Waals surface area (Å²) in [6.07, 6.45) is 3.10. The SMILES string of the molecule is COc1ccc(/C=C/C(=O)Nc2ccc(Cl)c(Cl)c2)cc1OC. The molecule has 0 radical (unpaired) electrons. The van der Waals surface area contributed by atoms with E-state index in [4.69, 9.17) is 32.7 Å². The van der Waals surface area contributed by atoms with E-state index in [-0.39, 0.29) is 5.91 Å². The number of carbonyl (C=O) groups excluding carboxylic acids is 1. The number of rotatable bonds is 5. The lowest BCUT2D eigenvalue weighted by Crippen LogP contribution is -2.07. The van der Waals surface area contributed by atoms with Crippen LogP contribution in [0.1, 0.15) is 5.56 Å². The van der Waals surface area contributed by atoms with Crippen LogP contribution in [0.3, 0.4) is 0 Å². The van der Waals surface area contributed by atoms with Gasteiger partial charge in [-0.05, 0) is 42.0 Å². The van der Waals surface area contributed by atoms with Crippen molar-refractivity contribution in [2.45, 2.75) is 0 Å². The molecular formula is C17H15Cl2NO3. The van der Waals surface area contributed by atoms with E-state index in [2.05, 4.69) is 5.32 Å². The van der Waals surface area contributed by atoms with Crippen molar-refractivity contribution in [3.8, 4) is 11.5 Å². The largest absolute Gasteiger partial charge is 0.493 e. The summed E-state index contributed by atoms with van der Waals surface area (Å²) in [4.78, 5) is 11.9. The number of benzene rings is 2. The first kappa shape index (κ1) is 17.2. The van der Waals surface area contributed by atoms with Crippen molar-refractivity contribution in [2.75, 3.05) is 19.5 Å². The van der Waals surface area contributed by atoms with Crippen LogP contribution in [-0.2, 0) is 4.79 Å². The molecule has 2 aromatic rings. The minimum Gasteiger partial charge on any atom is -0.493 e. The fourth-order valence-electron chi connectivity index (χ4n) is 1.89. The van der Waals surface area contributed by atoms with Crippen LogP contribution in [-0.4, -0.2) is 20.1 Å². The quantitative estimate of drug-likeness (QED) is 0.796. The molecule has 23 heavy (non-hydrogen) atoms. The zero-order valence-corrected chi connectivity index (χ0v) is 14.1. The minimum atomic E-state index is -0.279. The molecule has 1 N–H and O–H groups in total. The first-order valence-corrected chi connectivity index (χ1v) is 7.45. The molecule has 0 heterocycles. The van der Waals surface area contributed by atoms with Crippen LogP contribution in [0.5, 0.6) is 11.5 Å². The lowest BCUT2D eigenvalue weighted by molar-refractivity contribution is -0.111. The average molecular weight is 352 g/mol. The van der Waals surface area contributed by atoms with Crippen LogP contribution >= 0.6 is 23.2 Å². The van der Waals surface area contributed by atoms with Crippen molar-refractivity contribution in [1.82, 2.24) is 0 Å². The van der Waals surface area contributed by atoms with E-state index < -0.39 is 0 Å². The highest BCUT2D eigenvalue weighted by atomic mass is 35.5. The first-order valence-electron chi connectivity index (χ1n) is 6.69. The third-order valence-electron chi connectivity index (χ3n) is 3.02. The second-order valence-electron chi connectivity index (χ2n) is 4.57. The summed E-state index contributed by atoms with van der Waals surface area (Å²) in [7, 11) is 3.13. The Morgan fingerprint density at radius 1 is 1.00 bits per heavy atom. The van der Waals surface area contributed by atoms with Crippen LogP contribution in [0.15, 0.2) is 42.5 Å². The molecule has 0 atom stereocenters. The van der Waals surface area contributed by atoms with Crippen LogP contribution < -0.4 is 14.8 Å². The molecule has 0 fully saturated rings. The maximum absolute atomic E-state index is 11.9. The van der Waals surface area contributed by atoms with Gasteiger partial charge in [-0.15, -0.1) is 0 Å². The minimum absolute atomic E-state index is 0.279. The molecule has 0 bridgehead atoms. The molecule has 6 heteroatoms. The standard InChI is InChI=1S/C17H15Cl2NO3/c1-22-15-7-3-11(9-16(15)23-2)4-8-17(21)20-12-5-6-13(18)14(19)10-12/h3-10H,1-2H3,(H,20,21)/b8-4+. The fourth-order valence-corrected chi connectivity index (χ4v) is 2.18. The number of carbonyl (C=O) groups is 1. The highest BCUT2D eigenvalue weighted by Crippen LogP contribution is 2.28. The van der Waals surface area contributed by atoms with Crippen LogP contribution in [0.4, 0.5) is 5.69 Å². The van der Waals surface area contributed by atoms with Gasteiger partial charge in [-0.25, -0.2) is 0 Å². The number of hydrogen-bond donors (Lipinski definition) is 1. The Kier molecular flexibility index (Phi) is 5.90. The topological polar surface area (TPSA) is 47.6 Å². The summed E-state index contributed by atoms with van der Waals surface area (Å²) in [5.41, 5.74) is 1.38. The number of halogens is 2. The van der Waals surface area contributed by atoms with Gasteiger partial charge in [-0.3, -0.25) is 4.79 Å². The van der Waals surface area contributed by atoms with Crippen molar-refractivity contribution in [2.24, 2.45) is 0 Å². The second kappa shape index (κ2) is 7.90. The summed E-state index contributed by atoms with van der Waals surface area (Å²) in [6, 6.07) is 10.3. The highest BCUT2D eigenvalue weighted by Gasteiger charge is 2.04. The summed E-state index contributed by atoms with van der Waals surface area (Å²) >= 11 is 11.7. The number of hydrogen-bond acceptors (Lipinski definition) is 3. The maximum atomic E-state index is 11.9. The maximum Gasteiger partial charge on any atom is 0.248 e. The van der Waals surface area contributed by atoms with Crippen molar-refractivity contribution in [3.63, 3.8) is 0 Å². The van der Waals surface area contributed by atoms with E-state index in [1.165, 1.54) is 6.08 Å². The van der Waals surface area contributed by atoms with Gasteiger partial charge < -0.3 is 14.8 Å². The van der Waals surface area contributed by atoms with Gasteiger partial charge in [0.25, 0.3) is 0 Å². The Bertz CT molecular complexity index is 745. The predicted octanol–water partition coefficient (Wildman–Crippen LogP) is 4.66. The molecule has 0 saturated carbocycles. The first-order chi connectivity index (χ1) is 11.0. The molecular weight excluding hydrogens is 337 g/mol. The van der Waals surface area contributed by atoms with Gasteiger partial charge in [0, 0.05) is 11.8 Å². The van der Waals surface area contributed by atoms with E-state index in [0.717, 1.165) is 5.56 Å². The molecule has 0 aromatic heterocycles. The number of ether oxygens (including phenoxy) is 2. The molecule has 120 valence electrons. The van der Waals surface area contributed by atoms with Gasteiger partial charge >= 0.3 is 0 Å². The van der Waals surface area contributed by atoms with Gasteiger partial charge in [-0.1, -0.05) is 29.3 Å². The van der Waals surface area contributed by atoms with Crippen LogP contribution in [0, 0.1) is 0 Å². The Morgan fingerprint density at radius 2 is 1.74 bits per heavy atom. The number of methoxy groups -OCH3 is 2. The Balaban J connectivity index is 2.07. The van der Waals surface area contributed by atoms with Crippen molar-refractivity contribution >= 4 is 40.9 Å². The van der Waals surface area contributed by atoms with Crippen molar-refractivity contribution in [1.29, 1.82) is 0 Å². The third-order valence-corrected chi connectivity index (χ3v) is 3.76. The fraction of sp³-hybridized carbons (Fsp3) is 0.118. The predicted molar refractivity (Wildman–Crippen MR) is 93.7 cm³/mol. The molecule has 1 amide bonds. The molecule has 0 spiro atoms. The number of nitrogens with one attached hydrogen (secondary N) is 1. The van der Waals surface area contributed by atoms with E-state index in [1.807, 2.05) is 6.07 Å². The van der Waals surface area contributed by atoms with Crippen LogP contribution in [0.2, 0.25) is 10.0 Å². The molecule has 4 nitrogen and oxygen atoms in total. The molecule has 2 aromatic carbocycles. The molecule has 0 unspecified atom stereocenters. The Labute approximate surface area is 144 Å². The number of amides is 1. The molecule has 2 rings (SSSR count). The van der Waals surface area contributed by atoms with E-state index in [0.29, 0.717) is 27.2 Å². The van der Waals surface area contributed by atoms with Crippen LogP contribution in [0.25, 0.3) is 6.08 Å². The van der Waals surface area contributed by atoms with Crippen molar-refractivity contribution in [3.05, 3.63) is 58.1 Å². The summed E-state index contributed by atoms with van der Waals surface area (Å²) in [6.45, 7) is 0. The van der Waals surface area contributed by atoms with E-state index in [9.17, 15) is 4.79 Å². The highest BCUT2D eigenvalue weighted by molar-refractivity contribution is 6.42. The van der Waals surface area contributed by atoms with E-state index in [1.54, 1.807) is 50.6 Å². The second-order valence-corrected chi connectivity index (χ2v) is 5.38. The van der Waals surface area contributed by atoms with Gasteiger partial charge in [0.1, 0.15) is 0 Å². The Hall–Kier alpha value is -2.17. The van der Waals surface area contributed by atoms with Crippen molar-refractivity contribution < 1.29 is 14.3 Å². The zero-order valence-electron chi connectivity index (χ0n) is 12.6. The summed E-state index contributed by atoms with van der Waals surface area (Å²) in [5, 5.41) is 3.52. The third kappa shape index (κ3) is 4.65. The molecule has 0 aliphatic carbocycles. The lowest BCUT2D eigenvalue weighted by Gasteiger charge is -2.07. The number of anilines is 1. The van der Waals surface area contributed by atoms with E-state index >= 15 is 0 Å². The van der Waals surface area contributed by atoms with Gasteiger partial charge in [0.05, 0.1) is 24.3 Å². The Morgan fingerprint density at radius 3 is 2.39 bits per heavy atom. The zero-order chi connectivity index (χ0) is 16.8. The average Bonchev–Trinajstić information content (AvgIpc) is 2.56. The normalized spacial score (nSPS) is 10.6. The smallest absolute Gasteiger partial charge is 0.248 e.